The number of carbonyl (C=O) groups excluding carboxylic acids is 2. The SMILES string of the molecule is COC(=O)[C@@]1(O)CC(=O)N(C)CC/C=C\[C@H](OCCN2CCOC[C@@H]2C)[C@@H]2CC[C@H]2CN2C[C@@]3(CCCc4cc(Cl)ccc43)COc3ccc1cc32. The van der Waals surface area contributed by atoms with E-state index in [1.807, 2.05) is 18.2 Å². The molecule has 0 aromatic heterocycles. The highest BCUT2D eigenvalue weighted by Gasteiger charge is 2.47. The summed E-state index contributed by atoms with van der Waals surface area (Å²) in [5, 5.41) is 12.8. The van der Waals surface area contributed by atoms with Crippen molar-refractivity contribution >= 4 is 29.2 Å². The van der Waals surface area contributed by atoms with Crippen LogP contribution in [0.2, 0.25) is 5.02 Å². The largest absolute Gasteiger partial charge is 0.490 e. The van der Waals surface area contributed by atoms with E-state index in [0.717, 1.165) is 75.7 Å². The summed E-state index contributed by atoms with van der Waals surface area (Å²) in [7, 11) is 2.95. The van der Waals surface area contributed by atoms with Crippen molar-refractivity contribution in [2.24, 2.45) is 11.8 Å². The number of rotatable bonds is 5. The number of methoxy groups -OCH3 is 1. The first kappa shape index (κ1) is 37.2. The summed E-state index contributed by atoms with van der Waals surface area (Å²) < 4.78 is 24.2. The number of ether oxygens (including phenoxy) is 4. The number of aryl methyl sites for hydroxylation is 1. The number of halogens is 1. The Labute approximate surface area is 313 Å². The zero-order valence-corrected chi connectivity index (χ0v) is 31.6. The Morgan fingerprint density at radius 2 is 2.02 bits per heavy atom. The minimum atomic E-state index is -2.16. The minimum absolute atomic E-state index is 0.0473. The number of carbonyl (C=O) groups is 2. The topological polar surface area (TPSA) is 101 Å². The normalized spacial score (nSPS) is 31.8. The second-order valence-corrected chi connectivity index (χ2v) is 16.1. The van der Waals surface area contributed by atoms with E-state index >= 15 is 0 Å². The lowest BCUT2D eigenvalue weighted by Gasteiger charge is -2.46. The Hall–Kier alpha value is -3.15. The standard InChI is InChI=1S/C41H54ClN3O7/c1-28-25-50-19-17-44(28)18-20-51-36-8-4-5-16-43(2)38(46)23-41(48,39(47)49-3)31-10-14-37-35(22-31)45(24-30-9-12-33(30)36)26-40(27-52-37)15-6-7-29-21-32(42)11-13-34(29)40/h4,8,10-11,13-14,21-22,28,30,33,36,48H,5-7,9,12,15-20,23-27H2,1-3H3/b8-4-/t28-,30-,33+,36-,40-,41+/m0/s1. The average Bonchev–Trinajstić information content (AvgIpc) is 3.28. The molecule has 1 spiro atoms. The molecule has 6 atom stereocenters. The first-order valence-electron chi connectivity index (χ1n) is 19.1. The number of amides is 1. The molecule has 7 rings (SSSR count). The van der Waals surface area contributed by atoms with Gasteiger partial charge in [0.2, 0.25) is 5.91 Å². The van der Waals surface area contributed by atoms with E-state index < -0.39 is 18.0 Å². The number of fused-ring (bicyclic) bond motifs is 4. The van der Waals surface area contributed by atoms with Crippen LogP contribution in [0.1, 0.15) is 62.1 Å². The fourth-order valence-electron chi connectivity index (χ4n) is 9.07. The summed E-state index contributed by atoms with van der Waals surface area (Å²) >= 11 is 6.49. The van der Waals surface area contributed by atoms with Gasteiger partial charge in [0.15, 0.2) is 5.60 Å². The van der Waals surface area contributed by atoms with Crippen molar-refractivity contribution in [2.45, 2.75) is 75.0 Å². The first-order valence-corrected chi connectivity index (χ1v) is 19.4. The predicted octanol–water partition coefficient (Wildman–Crippen LogP) is 5.11. The van der Waals surface area contributed by atoms with Gasteiger partial charge in [-0.25, -0.2) is 4.79 Å². The monoisotopic (exact) mass is 735 g/mol. The molecule has 1 N–H and O–H groups in total. The van der Waals surface area contributed by atoms with Gasteiger partial charge < -0.3 is 33.9 Å². The molecule has 3 aliphatic heterocycles. The molecule has 0 radical (unpaired) electrons. The molecule has 11 heteroatoms. The van der Waals surface area contributed by atoms with Gasteiger partial charge in [-0.1, -0.05) is 35.9 Å². The maximum absolute atomic E-state index is 13.6. The van der Waals surface area contributed by atoms with Crippen LogP contribution in [0, 0.1) is 11.8 Å². The smallest absolute Gasteiger partial charge is 0.343 e. The first-order chi connectivity index (χ1) is 25.1. The highest BCUT2D eigenvalue weighted by atomic mass is 35.5. The molecule has 282 valence electrons. The molecule has 2 aliphatic carbocycles. The molecule has 10 nitrogen and oxygen atoms in total. The van der Waals surface area contributed by atoms with Crippen LogP contribution in [-0.4, -0.2) is 112 Å². The number of esters is 1. The number of aliphatic hydroxyl groups is 1. The highest BCUT2D eigenvalue weighted by Crippen LogP contribution is 2.48. The third-order valence-electron chi connectivity index (χ3n) is 12.4. The molecular weight excluding hydrogens is 682 g/mol. The van der Waals surface area contributed by atoms with E-state index in [0.29, 0.717) is 61.9 Å². The molecule has 2 aromatic carbocycles. The van der Waals surface area contributed by atoms with Crippen LogP contribution in [0.3, 0.4) is 0 Å². The molecular formula is C41H54ClN3O7. The lowest BCUT2D eigenvalue weighted by Crippen LogP contribution is -2.50. The minimum Gasteiger partial charge on any atom is -0.490 e. The quantitative estimate of drug-likeness (QED) is 0.332. The van der Waals surface area contributed by atoms with Crippen molar-refractivity contribution in [1.82, 2.24) is 9.80 Å². The average molecular weight is 736 g/mol. The van der Waals surface area contributed by atoms with E-state index in [9.17, 15) is 14.7 Å². The number of hydrogen-bond acceptors (Lipinski definition) is 9. The summed E-state index contributed by atoms with van der Waals surface area (Å²) in [5.74, 6) is 0.160. The summed E-state index contributed by atoms with van der Waals surface area (Å²) in [6.45, 7) is 8.53. The van der Waals surface area contributed by atoms with Gasteiger partial charge >= 0.3 is 5.97 Å². The summed E-state index contributed by atoms with van der Waals surface area (Å²) in [4.78, 5) is 33.3. The van der Waals surface area contributed by atoms with Crippen molar-refractivity contribution in [2.75, 3.05) is 78.2 Å². The van der Waals surface area contributed by atoms with Gasteiger partial charge in [-0.3, -0.25) is 9.69 Å². The zero-order chi connectivity index (χ0) is 36.5. The Kier molecular flexibility index (Phi) is 11.2. The zero-order valence-electron chi connectivity index (χ0n) is 30.9. The summed E-state index contributed by atoms with van der Waals surface area (Å²) in [6, 6.07) is 12.0. The lowest BCUT2D eigenvalue weighted by atomic mass is 9.68. The Morgan fingerprint density at radius 1 is 1.15 bits per heavy atom. The fraction of sp³-hybridized carbons (Fsp3) is 0.610. The Balaban J connectivity index is 1.25. The van der Waals surface area contributed by atoms with Crippen LogP contribution in [-0.2, 0) is 41.2 Å². The third-order valence-corrected chi connectivity index (χ3v) is 12.6. The summed E-state index contributed by atoms with van der Waals surface area (Å²) in [5.41, 5.74) is 1.22. The molecule has 2 fully saturated rings. The van der Waals surface area contributed by atoms with Crippen molar-refractivity contribution < 1.29 is 33.6 Å². The van der Waals surface area contributed by atoms with Crippen LogP contribution in [0.25, 0.3) is 0 Å². The molecule has 52 heavy (non-hydrogen) atoms. The van der Waals surface area contributed by atoms with E-state index in [-0.39, 0.29) is 17.4 Å². The van der Waals surface area contributed by atoms with Crippen LogP contribution >= 0.6 is 11.6 Å². The van der Waals surface area contributed by atoms with Gasteiger partial charge in [0.25, 0.3) is 0 Å². The lowest BCUT2D eigenvalue weighted by molar-refractivity contribution is -0.168. The predicted molar refractivity (Wildman–Crippen MR) is 200 cm³/mol. The molecule has 2 aromatic rings. The number of nitrogens with zero attached hydrogens (tertiary/aromatic N) is 3. The van der Waals surface area contributed by atoms with Gasteiger partial charge in [0, 0.05) is 56.3 Å². The van der Waals surface area contributed by atoms with E-state index in [4.69, 9.17) is 30.5 Å². The molecule has 0 unspecified atom stereocenters. The number of benzene rings is 2. The number of hydrogen-bond donors (Lipinski definition) is 1. The van der Waals surface area contributed by atoms with Crippen LogP contribution in [0.15, 0.2) is 48.6 Å². The van der Waals surface area contributed by atoms with Gasteiger partial charge in [-0.2, -0.15) is 0 Å². The molecule has 1 saturated carbocycles. The molecule has 3 heterocycles. The van der Waals surface area contributed by atoms with Crippen LogP contribution in [0.4, 0.5) is 5.69 Å². The van der Waals surface area contributed by atoms with Gasteiger partial charge in [0.1, 0.15) is 5.75 Å². The fourth-order valence-corrected chi connectivity index (χ4v) is 9.26. The van der Waals surface area contributed by atoms with Crippen molar-refractivity contribution in [3.8, 4) is 5.75 Å². The number of anilines is 1. The molecule has 1 saturated heterocycles. The van der Waals surface area contributed by atoms with E-state index in [2.05, 4.69) is 41.0 Å². The third kappa shape index (κ3) is 7.47. The molecule has 2 bridgehead atoms. The van der Waals surface area contributed by atoms with Crippen LogP contribution < -0.4 is 9.64 Å². The summed E-state index contributed by atoms with van der Waals surface area (Å²) in [6.07, 6.45) is 9.59. The Morgan fingerprint density at radius 3 is 2.81 bits per heavy atom. The van der Waals surface area contributed by atoms with Crippen molar-refractivity contribution in [1.29, 1.82) is 0 Å². The second-order valence-electron chi connectivity index (χ2n) is 15.6. The van der Waals surface area contributed by atoms with Gasteiger partial charge in [-0.15, -0.1) is 0 Å². The van der Waals surface area contributed by atoms with E-state index in [1.165, 1.54) is 18.2 Å². The molecule has 1 amide bonds. The molecule has 5 aliphatic rings. The Bertz CT molecular complexity index is 1650. The van der Waals surface area contributed by atoms with E-state index in [1.54, 1.807) is 18.0 Å². The van der Waals surface area contributed by atoms with Gasteiger partial charge in [-0.05, 0) is 98.2 Å². The van der Waals surface area contributed by atoms with Crippen molar-refractivity contribution in [3.05, 3.63) is 70.3 Å². The van der Waals surface area contributed by atoms with Gasteiger partial charge in [0.05, 0.1) is 51.7 Å². The maximum atomic E-state index is 13.6. The number of morpholine rings is 1. The highest BCUT2D eigenvalue weighted by molar-refractivity contribution is 6.30. The van der Waals surface area contributed by atoms with Crippen LogP contribution in [0.5, 0.6) is 5.75 Å². The second kappa shape index (κ2) is 15.7. The maximum Gasteiger partial charge on any atom is 0.343 e. The van der Waals surface area contributed by atoms with Crippen molar-refractivity contribution in [3.63, 3.8) is 0 Å².